The van der Waals surface area contributed by atoms with Gasteiger partial charge in [0.2, 0.25) is 5.91 Å². The summed E-state index contributed by atoms with van der Waals surface area (Å²) >= 11 is 0. The van der Waals surface area contributed by atoms with Crippen LogP contribution in [-0.2, 0) is 9.59 Å². The molecule has 21 heavy (non-hydrogen) atoms. The van der Waals surface area contributed by atoms with E-state index in [2.05, 4.69) is 5.32 Å². The van der Waals surface area contributed by atoms with E-state index < -0.39 is 5.92 Å². The van der Waals surface area contributed by atoms with Gasteiger partial charge in [0, 0.05) is 35.9 Å². The Balaban J connectivity index is 2.11. The van der Waals surface area contributed by atoms with Gasteiger partial charge in [-0.1, -0.05) is 0 Å². The zero-order valence-electron chi connectivity index (χ0n) is 11.6. The third-order valence-corrected chi connectivity index (χ3v) is 3.69. The summed E-state index contributed by atoms with van der Waals surface area (Å²) in [6, 6.07) is 5.63. The highest BCUT2D eigenvalue weighted by molar-refractivity contribution is 5.98. The van der Waals surface area contributed by atoms with Crippen LogP contribution in [0.4, 0.5) is 0 Å². The molecular formula is C16H15NO4. The zero-order chi connectivity index (χ0) is 14.8. The van der Waals surface area contributed by atoms with Crippen LogP contribution in [0.2, 0.25) is 0 Å². The molecule has 1 amide bonds. The van der Waals surface area contributed by atoms with Crippen LogP contribution >= 0.6 is 0 Å². The summed E-state index contributed by atoms with van der Waals surface area (Å²) in [5.74, 6) is -0.516. The molecule has 3 aromatic rings. The second kappa shape index (κ2) is 5.44. The van der Waals surface area contributed by atoms with Crippen LogP contribution in [0.1, 0.15) is 24.3 Å². The highest BCUT2D eigenvalue weighted by Crippen LogP contribution is 2.33. The second-order valence-corrected chi connectivity index (χ2v) is 4.91. The van der Waals surface area contributed by atoms with Crippen LogP contribution < -0.4 is 5.32 Å². The van der Waals surface area contributed by atoms with Crippen molar-refractivity contribution >= 4 is 34.1 Å². The normalized spacial score (nSPS) is 12.6. The zero-order valence-corrected chi connectivity index (χ0v) is 11.6. The lowest BCUT2D eigenvalue weighted by molar-refractivity contribution is -0.122. The van der Waals surface area contributed by atoms with Crippen molar-refractivity contribution < 1.29 is 18.4 Å². The van der Waals surface area contributed by atoms with E-state index in [-0.39, 0.29) is 5.91 Å². The smallest absolute Gasteiger partial charge is 0.227 e. The fourth-order valence-electron chi connectivity index (χ4n) is 2.61. The highest BCUT2D eigenvalue weighted by Gasteiger charge is 2.23. The second-order valence-electron chi connectivity index (χ2n) is 4.91. The van der Waals surface area contributed by atoms with Crippen LogP contribution in [0, 0.1) is 0 Å². The minimum absolute atomic E-state index is 0.119. The van der Waals surface area contributed by atoms with Gasteiger partial charge in [-0.25, -0.2) is 0 Å². The molecule has 2 heterocycles. The molecule has 0 aliphatic rings. The molecule has 0 saturated heterocycles. The van der Waals surface area contributed by atoms with E-state index in [4.69, 9.17) is 8.83 Å². The van der Waals surface area contributed by atoms with E-state index in [1.807, 2.05) is 18.2 Å². The van der Waals surface area contributed by atoms with Gasteiger partial charge in [-0.2, -0.15) is 0 Å². The van der Waals surface area contributed by atoms with Crippen LogP contribution in [-0.4, -0.2) is 19.2 Å². The van der Waals surface area contributed by atoms with Gasteiger partial charge in [-0.05, 0) is 18.6 Å². The third kappa shape index (κ3) is 2.31. The van der Waals surface area contributed by atoms with E-state index in [0.29, 0.717) is 18.4 Å². The Morgan fingerprint density at radius 1 is 1.33 bits per heavy atom. The number of fused-ring (bicyclic) bond motifs is 2. The average Bonchev–Trinajstić information content (AvgIpc) is 3.11. The largest absolute Gasteiger partial charge is 0.464 e. The number of rotatable bonds is 5. The van der Waals surface area contributed by atoms with Crippen LogP contribution in [0.15, 0.2) is 39.6 Å². The molecular weight excluding hydrogens is 270 g/mol. The molecule has 0 fully saturated rings. The molecule has 0 bridgehead atoms. The van der Waals surface area contributed by atoms with Gasteiger partial charge in [0.25, 0.3) is 0 Å². The predicted molar refractivity (Wildman–Crippen MR) is 78.1 cm³/mol. The molecule has 0 saturated carbocycles. The molecule has 0 aliphatic heterocycles. The Morgan fingerprint density at radius 3 is 2.95 bits per heavy atom. The molecule has 0 spiro atoms. The molecule has 1 atom stereocenters. The molecule has 108 valence electrons. The van der Waals surface area contributed by atoms with Crippen LogP contribution in [0.25, 0.3) is 21.9 Å². The third-order valence-electron chi connectivity index (χ3n) is 3.69. The summed E-state index contributed by atoms with van der Waals surface area (Å²) in [6.45, 7) is 0. The number of aldehydes is 1. The van der Waals surface area contributed by atoms with Crippen molar-refractivity contribution in [3.8, 4) is 0 Å². The number of carbonyl (C=O) groups excluding carboxylic acids is 2. The predicted octanol–water partition coefficient (Wildman–Crippen LogP) is 2.99. The summed E-state index contributed by atoms with van der Waals surface area (Å²) in [4.78, 5) is 22.7. The maximum absolute atomic E-state index is 12.1. The number of hydrogen-bond donors (Lipinski definition) is 1. The first-order valence-electron chi connectivity index (χ1n) is 6.78. The van der Waals surface area contributed by atoms with Gasteiger partial charge in [-0.15, -0.1) is 0 Å². The van der Waals surface area contributed by atoms with Gasteiger partial charge in [0.05, 0.1) is 18.4 Å². The Morgan fingerprint density at radius 2 is 2.19 bits per heavy atom. The van der Waals surface area contributed by atoms with Crippen LogP contribution in [0.5, 0.6) is 0 Å². The van der Waals surface area contributed by atoms with E-state index in [1.165, 1.54) is 0 Å². The molecule has 5 heteroatoms. The van der Waals surface area contributed by atoms with Crippen molar-refractivity contribution in [2.24, 2.45) is 0 Å². The van der Waals surface area contributed by atoms with Gasteiger partial charge in [0.1, 0.15) is 17.5 Å². The van der Waals surface area contributed by atoms with E-state index in [0.717, 1.165) is 28.2 Å². The van der Waals surface area contributed by atoms with Crippen LogP contribution in [0.3, 0.4) is 0 Å². The Hall–Kier alpha value is -2.56. The van der Waals surface area contributed by atoms with Crippen molar-refractivity contribution in [1.29, 1.82) is 0 Å². The first-order chi connectivity index (χ1) is 10.2. The lowest BCUT2D eigenvalue weighted by Gasteiger charge is -2.12. The summed E-state index contributed by atoms with van der Waals surface area (Å²) in [5, 5.41) is 4.48. The number of carbonyl (C=O) groups is 2. The minimum atomic E-state index is -0.397. The van der Waals surface area contributed by atoms with Gasteiger partial charge in [0.15, 0.2) is 0 Å². The van der Waals surface area contributed by atoms with Crippen molar-refractivity contribution in [2.45, 2.75) is 18.8 Å². The Kier molecular flexibility index (Phi) is 3.48. The maximum atomic E-state index is 12.1. The minimum Gasteiger partial charge on any atom is -0.464 e. The molecule has 1 unspecified atom stereocenters. The topological polar surface area (TPSA) is 72.5 Å². The van der Waals surface area contributed by atoms with Gasteiger partial charge >= 0.3 is 0 Å². The SMILES string of the molecule is CNC(=O)C(CCC=O)c1coc2cc3occc3cc12. The first-order valence-corrected chi connectivity index (χ1v) is 6.78. The fourth-order valence-corrected chi connectivity index (χ4v) is 2.61. The lowest BCUT2D eigenvalue weighted by Crippen LogP contribution is -2.25. The molecule has 0 radical (unpaired) electrons. The van der Waals surface area contributed by atoms with Crippen molar-refractivity contribution in [2.75, 3.05) is 7.05 Å². The number of hydrogen-bond acceptors (Lipinski definition) is 4. The number of amides is 1. The number of nitrogens with one attached hydrogen (secondary N) is 1. The van der Waals surface area contributed by atoms with E-state index in [9.17, 15) is 9.59 Å². The molecule has 0 aliphatic carbocycles. The first kappa shape index (κ1) is 13.4. The number of benzene rings is 1. The van der Waals surface area contributed by atoms with Gasteiger partial charge in [-0.3, -0.25) is 4.79 Å². The average molecular weight is 285 g/mol. The van der Waals surface area contributed by atoms with E-state index >= 15 is 0 Å². The number of likely N-dealkylation sites (N-methyl/N-ethyl adjacent to an activating group) is 1. The van der Waals surface area contributed by atoms with Crippen molar-refractivity contribution in [3.05, 3.63) is 36.3 Å². The quantitative estimate of drug-likeness (QED) is 0.731. The van der Waals surface area contributed by atoms with Crippen molar-refractivity contribution in [3.63, 3.8) is 0 Å². The summed E-state index contributed by atoms with van der Waals surface area (Å²) < 4.78 is 10.9. The fraction of sp³-hybridized carbons (Fsp3) is 0.250. The molecule has 2 aromatic heterocycles. The lowest BCUT2D eigenvalue weighted by atomic mass is 9.93. The van der Waals surface area contributed by atoms with Gasteiger partial charge < -0.3 is 18.9 Å². The molecule has 5 nitrogen and oxygen atoms in total. The molecule has 1 aromatic carbocycles. The van der Waals surface area contributed by atoms with E-state index in [1.54, 1.807) is 19.6 Å². The van der Waals surface area contributed by atoms with Crippen molar-refractivity contribution in [1.82, 2.24) is 5.32 Å². The maximum Gasteiger partial charge on any atom is 0.227 e. The Labute approximate surface area is 120 Å². The standard InChI is InChI=1S/C16H15NO4/c1-17-16(19)11(3-2-5-18)13-9-21-15-8-14-10(4-6-20-14)7-12(13)15/h4-9,11H,2-3H2,1H3,(H,17,19). The summed E-state index contributed by atoms with van der Waals surface area (Å²) in [5.41, 5.74) is 2.22. The summed E-state index contributed by atoms with van der Waals surface area (Å²) in [6.07, 6.45) is 4.83. The monoisotopic (exact) mass is 285 g/mol. The molecule has 3 rings (SSSR count). The number of furan rings is 2. The summed E-state index contributed by atoms with van der Waals surface area (Å²) in [7, 11) is 1.59. The highest BCUT2D eigenvalue weighted by atomic mass is 16.3. The Bertz CT molecular complexity index is 799. The molecule has 1 N–H and O–H groups in total.